The van der Waals surface area contributed by atoms with E-state index < -0.39 is 47.0 Å². The molecule has 0 saturated heterocycles. The zero-order valence-corrected chi connectivity index (χ0v) is 11.1. The number of halogens is 5. The van der Waals surface area contributed by atoms with Crippen LogP contribution in [-0.2, 0) is 16.0 Å². The van der Waals surface area contributed by atoms with E-state index >= 15 is 0 Å². The van der Waals surface area contributed by atoms with Crippen LogP contribution >= 0.6 is 0 Å². The van der Waals surface area contributed by atoms with Gasteiger partial charge in [-0.2, -0.15) is 0 Å². The van der Waals surface area contributed by atoms with Gasteiger partial charge < -0.3 is 4.74 Å². The van der Waals surface area contributed by atoms with Gasteiger partial charge in [0.05, 0.1) is 13.0 Å². The van der Waals surface area contributed by atoms with Crippen LogP contribution in [0.1, 0.15) is 26.3 Å². The molecule has 0 radical (unpaired) electrons. The van der Waals surface area contributed by atoms with Gasteiger partial charge in [-0.3, -0.25) is 4.79 Å². The summed E-state index contributed by atoms with van der Waals surface area (Å²) in [5.74, 6) is -11.5. The molecule has 2 nitrogen and oxygen atoms in total. The summed E-state index contributed by atoms with van der Waals surface area (Å²) in [6.45, 7) is 5.21. The molecule has 0 unspecified atom stereocenters. The highest BCUT2D eigenvalue weighted by Crippen LogP contribution is 2.24. The van der Waals surface area contributed by atoms with Crippen molar-refractivity contribution in [2.75, 3.05) is 6.61 Å². The van der Waals surface area contributed by atoms with Crippen LogP contribution in [0.25, 0.3) is 0 Å². The third-order valence-electron chi connectivity index (χ3n) is 2.29. The monoisotopic (exact) mass is 296 g/mol. The van der Waals surface area contributed by atoms with E-state index in [4.69, 9.17) is 4.74 Å². The van der Waals surface area contributed by atoms with Crippen LogP contribution in [0.5, 0.6) is 0 Å². The molecule has 0 aliphatic heterocycles. The summed E-state index contributed by atoms with van der Waals surface area (Å²) >= 11 is 0. The molecule has 1 aromatic rings. The lowest BCUT2D eigenvalue weighted by molar-refractivity contribution is -0.145. The smallest absolute Gasteiger partial charge is 0.310 e. The Balaban J connectivity index is 2.96. The van der Waals surface area contributed by atoms with Crippen molar-refractivity contribution in [3.8, 4) is 0 Å². The van der Waals surface area contributed by atoms with Crippen molar-refractivity contribution >= 4 is 5.97 Å². The van der Waals surface area contributed by atoms with Crippen molar-refractivity contribution in [2.45, 2.75) is 27.2 Å². The van der Waals surface area contributed by atoms with Gasteiger partial charge in [0.15, 0.2) is 23.3 Å². The summed E-state index contributed by atoms with van der Waals surface area (Å²) < 4.78 is 70.0. The summed E-state index contributed by atoms with van der Waals surface area (Å²) in [6, 6.07) is 0. The van der Waals surface area contributed by atoms with E-state index in [1.54, 1.807) is 20.8 Å². The van der Waals surface area contributed by atoms with E-state index in [-0.39, 0.29) is 12.0 Å². The first kappa shape index (κ1) is 16.4. The number of carbonyl (C=O) groups is 1. The Morgan fingerprint density at radius 3 is 1.70 bits per heavy atom. The Morgan fingerprint density at radius 2 is 1.30 bits per heavy atom. The van der Waals surface area contributed by atoms with Crippen molar-refractivity contribution in [1.82, 2.24) is 0 Å². The number of hydrogen-bond acceptors (Lipinski definition) is 2. The third-order valence-corrected chi connectivity index (χ3v) is 2.29. The van der Waals surface area contributed by atoms with Gasteiger partial charge in [0.2, 0.25) is 5.82 Å². The second kappa shape index (κ2) is 5.76. The fourth-order valence-corrected chi connectivity index (χ4v) is 1.30. The third kappa shape index (κ3) is 3.68. The van der Waals surface area contributed by atoms with Crippen LogP contribution in [0, 0.1) is 34.5 Å². The SMILES string of the molecule is CC(C)(C)COC(=O)Cc1c(F)c(F)c(F)c(F)c1F. The summed E-state index contributed by atoms with van der Waals surface area (Å²) in [5.41, 5.74) is -1.58. The van der Waals surface area contributed by atoms with Crippen LogP contribution in [0.15, 0.2) is 0 Å². The molecule has 0 fully saturated rings. The molecule has 0 saturated carbocycles. The van der Waals surface area contributed by atoms with Crippen molar-refractivity contribution in [3.63, 3.8) is 0 Å². The molecule has 0 heterocycles. The molecule has 20 heavy (non-hydrogen) atoms. The predicted octanol–water partition coefficient (Wildman–Crippen LogP) is 3.51. The van der Waals surface area contributed by atoms with Gasteiger partial charge in [-0.05, 0) is 5.41 Å². The Bertz CT molecular complexity index is 506. The molecule has 0 aliphatic rings. The number of ether oxygens (including phenoxy) is 1. The summed E-state index contributed by atoms with van der Waals surface area (Å²) in [6.07, 6.45) is -1.03. The number of hydrogen-bond donors (Lipinski definition) is 0. The average molecular weight is 296 g/mol. The lowest BCUT2D eigenvalue weighted by Gasteiger charge is -2.18. The number of benzene rings is 1. The van der Waals surface area contributed by atoms with Crippen LogP contribution < -0.4 is 0 Å². The normalized spacial score (nSPS) is 11.6. The molecule has 0 spiro atoms. The zero-order chi connectivity index (χ0) is 15.7. The van der Waals surface area contributed by atoms with E-state index in [1.165, 1.54) is 0 Å². The molecule has 0 N–H and O–H groups in total. The lowest BCUT2D eigenvalue weighted by atomic mass is 9.99. The second-order valence-corrected chi connectivity index (χ2v) is 5.45. The molecule has 1 rings (SSSR count). The average Bonchev–Trinajstić information content (AvgIpc) is 2.36. The molecular formula is C13H13F5O2. The van der Waals surface area contributed by atoms with Crippen LogP contribution in [-0.4, -0.2) is 12.6 Å². The molecule has 0 bridgehead atoms. The van der Waals surface area contributed by atoms with Gasteiger partial charge in [-0.15, -0.1) is 0 Å². The van der Waals surface area contributed by atoms with E-state index in [0.717, 1.165) is 0 Å². The predicted molar refractivity (Wildman–Crippen MR) is 60.4 cm³/mol. The van der Waals surface area contributed by atoms with Gasteiger partial charge >= 0.3 is 5.97 Å². The van der Waals surface area contributed by atoms with Crippen molar-refractivity contribution in [1.29, 1.82) is 0 Å². The maximum atomic E-state index is 13.3. The molecule has 0 amide bonds. The highest BCUT2D eigenvalue weighted by molar-refractivity contribution is 5.72. The minimum atomic E-state index is -2.26. The zero-order valence-electron chi connectivity index (χ0n) is 11.1. The topological polar surface area (TPSA) is 26.3 Å². The number of rotatable bonds is 3. The maximum Gasteiger partial charge on any atom is 0.310 e. The van der Waals surface area contributed by atoms with Gasteiger partial charge in [-0.25, -0.2) is 22.0 Å². The van der Waals surface area contributed by atoms with Crippen molar-refractivity contribution < 1.29 is 31.5 Å². The van der Waals surface area contributed by atoms with Gasteiger partial charge in [-0.1, -0.05) is 20.8 Å². The van der Waals surface area contributed by atoms with Gasteiger partial charge in [0, 0.05) is 5.56 Å². The highest BCUT2D eigenvalue weighted by atomic mass is 19.2. The molecule has 1 aromatic carbocycles. The van der Waals surface area contributed by atoms with E-state index in [2.05, 4.69) is 0 Å². The van der Waals surface area contributed by atoms with Crippen molar-refractivity contribution in [3.05, 3.63) is 34.6 Å². The van der Waals surface area contributed by atoms with Crippen molar-refractivity contribution in [2.24, 2.45) is 5.41 Å². The first-order chi connectivity index (χ1) is 9.04. The Labute approximate surface area is 112 Å². The van der Waals surface area contributed by atoms with E-state index in [9.17, 15) is 26.7 Å². The fourth-order valence-electron chi connectivity index (χ4n) is 1.30. The summed E-state index contributed by atoms with van der Waals surface area (Å²) in [7, 11) is 0. The van der Waals surface area contributed by atoms with E-state index in [1.807, 2.05) is 0 Å². The minimum absolute atomic E-state index is 0.0404. The number of carbonyl (C=O) groups excluding carboxylic acids is 1. The van der Waals surface area contributed by atoms with Crippen LogP contribution in [0.3, 0.4) is 0 Å². The first-order valence-electron chi connectivity index (χ1n) is 5.70. The summed E-state index contributed by atoms with van der Waals surface area (Å²) in [4.78, 5) is 11.4. The van der Waals surface area contributed by atoms with Gasteiger partial charge in [0.1, 0.15) is 0 Å². The molecule has 0 aliphatic carbocycles. The Morgan fingerprint density at radius 1 is 0.900 bits per heavy atom. The fraction of sp³-hybridized carbons (Fsp3) is 0.462. The van der Waals surface area contributed by atoms with Crippen LogP contribution in [0.2, 0.25) is 0 Å². The molecular weight excluding hydrogens is 283 g/mol. The van der Waals surface area contributed by atoms with E-state index in [0.29, 0.717) is 0 Å². The van der Waals surface area contributed by atoms with Crippen LogP contribution in [0.4, 0.5) is 22.0 Å². The Kier molecular flexibility index (Phi) is 4.73. The molecule has 0 aromatic heterocycles. The minimum Gasteiger partial charge on any atom is -0.465 e. The molecule has 112 valence electrons. The standard InChI is InChI=1S/C13H13F5O2/c1-13(2,3)5-20-7(19)4-6-8(14)10(16)12(18)11(17)9(6)15/h4-5H2,1-3H3. The highest BCUT2D eigenvalue weighted by Gasteiger charge is 2.27. The Hall–Kier alpha value is -1.66. The maximum absolute atomic E-state index is 13.3. The molecule has 0 atom stereocenters. The second-order valence-electron chi connectivity index (χ2n) is 5.45. The summed E-state index contributed by atoms with van der Waals surface area (Å²) in [5, 5.41) is 0. The first-order valence-corrected chi connectivity index (χ1v) is 5.70. The largest absolute Gasteiger partial charge is 0.465 e. The number of esters is 1. The van der Waals surface area contributed by atoms with Gasteiger partial charge in [0.25, 0.3) is 0 Å². The molecule has 7 heteroatoms. The quantitative estimate of drug-likeness (QED) is 0.369. The lowest BCUT2D eigenvalue weighted by Crippen LogP contribution is -2.20.